The Bertz CT molecular complexity index is 654. The molecule has 2 bridgehead atoms. The summed E-state index contributed by atoms with van der Waals surface area (Å²) < 4.78 is 5.92. The second-order valence-electron chi connectivity index (χ2n) is 9.71. The molecule has 3 rings (SSSR count). The molecule has 0 saturated heterocycles. The fourth-order valence-corrected chi connectivity index (χ4v) is 6.76. The van der Waals surface area contributed by atoms with Crippen LogP contribution in [0.4, 0.5) is 0 Å². The Morgan fingerprint density at radius 3 is 2.57 bits per heavy atom. The zero-order valence-electron chi connectivity index (χ0n) is 17.6. The maximum absolute atomic E-state index is 13.2. The molecule has 3 saturated carbocycles. The first-order valence-electron chi connectivity index (χ1n) is 10.2. The van der Waals surface area contributed by atoms with Crippen LogP contribution >= 0.6 is 0 Å². The van der Waals surface area contributed by atoms with Gasteiger partial charge in [-0.15, -0.1) is 6.58 Å². The van der Waals surface area contributed by atoms with Crippen molar-refractivity contribution in [2.45, 2.75) is 72.0 Å². The number of rotatable bonds is 3. The van der Waals surface area contributed by atoms with Crippen molar-refractivity contribution < 1.29 is 52.1 Å². The first-order valence-corrected chi connectivity index (χ1v) is 10.8. The van der Waals surface area contributed by atoms with Crippen molar-refractivity contribution in [3.63, 3.8) is 0 Å². The Labute approximate surface area is 199 Å². The van der Waals surface area contributed by atoms with E-state index >= 15 is 0 Å². The fourth-order valence-electron chi connectivity index (χ4n) is 6.69. The van der Waals surface area contributed by atoms with E-state index in [2.05, 4.69) is 27.4 Å². The molecule has 3 aliphatic carbocycles. The summed E-state index contributed by atoms with van der Waals surface area (Å²) in [6.07, 6.45) is 4.45. The number of carbonyl (C=O) groups excluding carboxylic acids is 2. The molecule has 0 aliphatic heterocycles. The van der Waals surface area contributed by atoms with Crippen LogP contribution in [0, 0.1) is 34.0 Å². The fraction of sp³-hybridized carbons (Fsp3) is 0.818. The van der Waals surface area contributed by atoms with Gasteiger partial charge in [0.15, 0.2) is 0 Å². The van der Waals surface area contributed by atoms with Gasteiger partial charge < -0.3 is 22.5 Å². The van der Waals surface area contributed by atoms with Crippen molar-refractivity contribution in [1.29, 1.82) is 0 Å². The molecule has 4 nitrogen and oxygen atoms in total. The topological polar surface area (TPSA) is 63.6 Å². The van der Waals surface area contributed by atoms with Gasteiger partial charge in [0.25, 0.3) is 5.97 Å². The van der Waals surface area contributed by atoms with E-state index in [4.69, 9.17) is 17.4 Å². The summed E-state index contributed by atoms with van der Waals surface area (Å²) in [5.41, 5.74) is -1.28. The number of carbonyl (C=O) groups is 2. The number of hydrogen-bond acceptors (Lipinski definition) is 5. The van der Waals surface area contributed by atoms with Crippen molar-refractivity contribution in [3.05, 3.63) is 12.7 Å². The van der Waals surface area contributed by atoms with Crippen LogP contribution in [0.25, 0.3) is 0 Å². The van der Waals surface area contributed by atoms with E-state index in [0.29, 0.717) is 12.8 Å². The monoisotopic (exact) mass is 482 g/mol. The first-order chi connectivity index (χ1) is 12.6. The maximum Gasteiger partial charge on any atom is 0.281 e. The number of aliphatic hydroxyl groups is 1. The summed E-state index contributed by atoms with van der Waals surface area (Å²) >= 11 is 4.91. The van der Waals surface area contributed by atoms with Gasteiger partial charge in [0, 0.05) is 55.9 Å². The van der Waals surface area contributed by atoms with Crippen LogP contribution in [0.15, 0.2) is 12.7 Å². The second kappa shape index (κ2) is 8.44. The number of aliphatic hydroxyl groups excluding tert-OH is 1. The molecule has 0 heterocycles. The number of hydrogen-bond donors (Lipinski definition) is 1. The molecule has 8 atom stereocenters. The number of ether oxygens (including phenoxy) is 1. The summed E-state index contributed by atoms with van der Waals surface area (Å²) in [5, 5.41) is 11.4. The molecular formula is C22H33O4SY-. The largest absolute Gasteiger partial charge is 0.782 e. The molecule has 0 aromatic rings. The third-order valence-electron chi connectivity index (χ3n) is 8.69. The van der Waals surface area contributed by atoms with Crippen molar-refractivity contribution in [2.75, 3.05) is 5.75 Å². The normalized spacial score (nSPS) is 47.9. The van der Waals surface area contributed by atoms with E-state index in [1.165, 1.54) is 0 Å². The first kappa shape index (κ1) is 24.6. The minimum absolute atomic E-state index is 0. The number of Topliss-reactive ketones (excluding diaryl/α,β-unsaturated/α-hetero) is 1. The molecule has 3 fully saturated rings. The van der Waals surface area contributed by atoms with Crippen LogP contribution in [-0.2, 0) is 59.7 Å². The van der Waals surface area contributed by atoms with Gasteiger partial charge in [-0.05, 0) is 42.9 Å². The molecular weight excluding hydrogens is 449 g/mol. The minimum Gasteiger partial charge on any atom is -0.782 e. The van der Waals surface area contributed by atoms with E-state index < -0.39 is 29.0 Å². The summed E-state index contributed by atoms with van der Waals surface area (Å²) in [5.74, 6) is -0.203. The molecule has 3 aliphatic rings. The van der Waals surface area contributed by atoms with Crippen LogP contribution in [0.2, 0.25) is 0 Å². The maximum atomic E-state index is 13.2. The Morgan fingerprint density at radius 1 is 1.36 bits per heavy atom. The van der Waals surface area contributed by atoms with E-state index in [-0.39, 0.29) is 67.4 Å². The quantitative estimate of drug-likeness (QED) is 0.380. The van der Waals surface area contributed by atoms with E-state index in [9.17, 15) is 14.7 Å². The molecule has 6 heteroatoms. The van der Waals surface area contributed by atoms with Gasteiger partial charge in [0.05, 0.1) is 6.10 Å². The number of esters is 1. The Balaban J connectivity index is 0.00000280. The van der Waals surface area contributed by atoms with Gasteiger partial charge in [-0.3, -0.25) is 9.59 Å². The molecule has 0 aromatic carbocycles. The van der Waals surface area contributed by atoms with Crippen LogP contribution in [0.1, 0.15) is 59.8 Å². The van der Waals surface area contributed by atoms with E-state index in [1.807, 2.05) is 6.92 Å². The second-order valence-corrected chi connectivity index (χ2v) is 10.00. The standard InChI is InChI=1S/C22H34O4S.Y/c1-6-20(4)11-16(26-17(24)12-27)21(5)13(2)7-9-22(14(3)19(20)25)10-8-15(23)18(21)22;/h6,13-14,16,18-19,25,27H,1,7-12H2,2-5H3;/p-1. The van der Waals surface area contributed by atoms with Gasteiger partial charge in [-0.25, -0.2) is 0 Å². The third kappa shape index (κ3) is 3.40. The molecule has 1 radical (unpaired) electrons. The summed E-state index contributed by atoms with van der Waals surface area (Å²) in [6.45, 7) is 12.4. The van der Waals surface area contributed by atoms with Gasteiger partial charge in [0.2, 0.25) is 0 Å². The summed E-state index contributed by atoms with van der Waals surface area (Å²) in [4.78, 5) is 25.4. The minimum atomic E-state index is -0.633. The molecule has 0 amide bonds. The number of ketones is 1. The average Bonchev–Trinajstić information content (AvgIpc) is 3.00. The Morgan fingerprint density at radius 2 is 2.00 bits per heavy atom. The van der Waals surface area contributed by atoms with Gasteiger partial charge in [-0.1, -0.05) is 39.5 Å². The van der Waals surface area contributed by atoms with Gasteiger partial charge >= 0.3 is 0 Å². The van der Waals surface area contributed by atoms with Gasteiger partial charge in [0.1, 0.15) is 11.9 Å². The predicted molar refractivity (Wildman–Crippen MR) is 107 cm³/mol. The molecule has 28 heavy (non-hydrogen) atoms. The van der Waals surface area contributed by atoms with Gasteiger partial charge in [-0.2, -0.15) is 0 Å². The van der Waals surface area contributed by atoms with E-state index in [0.717, 1.165) is 19.3 Å². The zero-order valence-corrected chi connectivity index (χ0v) is 21.2. The molecule has 8 unspecified atom stereocenters. The van der Waals surface area contributed by atoms with Crippen LogP contribution in [-0.4, -0.2) is 34.8 Å². The SMILES string of the molecule is C=CC1(C)CC(OC(=O)C[S-])C2(C)C(C)CCC3(CCC(=O)C32)C(C)C1O.[Y]. The van der Waals surface area contributed by atoms with Crippen LogP contribution < -0.4 is 0 Å². The van der Waals surface area contributed by atoms with Crippen molar-refractivity contribution >= 4 is 24.4 Å². The average molecular weight is 482 g/mol. The molecule has 1 N–H and O–H groups in total. The van der Waals surface area contributed by atoms with Crippen LogP contribution in [0.3, 0.4) is 0 Å². The molecule has 0 spiro atoms. The Kier molecular flexibility index (Phi) is 7.40. The van der Waals surface area contributed by atoms with Crippen molar-refractivity contribution in [1.82, 2.24) is 0 Å². The molecule has 155 valence electrons. The summed E-state index contributed by atoms with van der Waals surface area (Å²) in [7, 11) is 0. The smallest absolute Gasteiger partial charge is 0.281 e. The summed E-state index contributed by atoms with van der Waals surface area (Å²) in [6, 6.07) is 0. The third-order valence-corrected chi connectivity index (χ3v) is 8.93. The van der Waals surface area contributed by atoms with Crippen molar-refractivity contribution in [2.24, 2.45) is 34.0 Å². The molecule has 0 aromatic heterocycles. The van der Waals surface area contributed by atoms with Crippen molar-refractivity contribution in [3.8, 4) is 0 Å². The van der Waals surface area contributed by atoms with E-state index in [1.54, 1.807) is 6.08 Å². The predicted octanol–water partition coefficient (Wildman–Crippen LogP) is 3.44. The zero-order chi connectivity index (χ0) is 20.2. The Hall–Kier alpha value is 0.294. The van der Waals surface area contributed by atoms with Crippen LogP contribution in [0.5, 0.6) is 0 Å².